The molecular weight excluding hydrogens is 326 g/mol. The minimum atomic E-state index is -0.118. The third-order valence-corrected chi connectivity index (χ3v) is 5.42. The Balaban J connectivity index is 1.62. The summed E-state index contributed by atoms with van der Waals surface area (Å²) in [4.78, 5) is 14.2. The first-order valence-corrected chi connectivity index (χ1v) is 9.29. The Morgan fingerprint density at radius 2 is 1.88 bits per heavy atom. The summed E-state index contributed by atoms with van der Waals surface area (Å²) in [7, 11) is 0. The number of quaternary nitrogens is 1. The van der Waals surface area contributed by atoms with Crippen molar-refractivity contribution in [1.29, 1.82) is 0 Å². The molecule has 2 N–H and O–H groups in total. The van der Waals surface area contributed by atoms with Crippen LogP contribution in [0.15, 0.2) is 48.2 Å². The lowest BCUT2D eigenvalue weighted by Crippen LogP contribution is -3.11. The maximum Gasteiger partial charge on any atom is 0.231 e. The van der Waals surface area contributed by atoms with Gasteiger partial charge in [0.15, 0.2) is 11.5 Å². The second-order valence-electron chi connectivity index (χ2n) is 7.40. The van der Waals surface area contributed by atoms with Gasteiger partial charge in [-0.3, -0.25) is 4.79 Å². The van der Waals surface area contributed by atoms with Gasteiger partial charge in [0.25, 0.3) is 0 Å². The maximum absolute atomic E-state index is 12.7. The minimum Gasteiger partial charge on any atom is -0.507 e. The lowest BCUT2D eigenvalue weighted by atomic mass is 9.98. The monoisotopic (exact) mass is 350 g/mol. The number of nitrogens with one attached hydrogen (secondary N) is 1. The fraction of sp³-hybridized carbons (Fsp3) is 0.318. The van der Waals surface area contributed by atoms with E-state index in [1.165, 1.54) is 17.7 Å². The van der Waals surface area contributed by atoms with Crippen LogP contribution in [0.3, 0.4) is 0 Å². The number of hydrogen-bond acceptors (Lipinski definition) is 3. The fourth-order valence-corrected chi connectivity index (χ4v) is 3.77. The molecule has 134 valence electrons. The predicted octanol–water partition coefficient (Wildman–Crippen LogP) is 2.82. The molecule has 2 aromatic carbocycles. The Bertz CT molecular complexity index is 849. The SMILES string of the molecule is CC1CC[NH+](Cc2c(O)ccc3c2OC(=Cc2ccccc2)C3=O)CC1. The van der Waals surface area contributed by atoms with Gasteiger partial charge < -0.3 is 14.7 Å². The first-order valence-electron chi connectivity index (χ1n) is 9.29. The lowest BCUT2D eigenvalue weighted by molar-refractivity contribution is -0.919. The summed E-state index contributed by atoms with van der Waals surface area (Å²) in [6, 6.07) is 12.9. The van der Waals surface area contributed by atoms with Crippen LogP contribution in [0.5, 0.6) is 11.5 Å². The summed E-state index contributed by atoms with van der Waals surface area (Å²) in [6.45, 7) is 5.15. The van der Waals surface area contributed by atoms with Crippen LogP contribution in [0.25, 0.3) is 6.08 Å². The molecule has 0 atom stereocenters. The van der Waals surface area contributed by atoms with Gasteiger partial charge in [0, 0.05) is 0 Å². The van der Waals surface area contributed by atoms with Crippen molar-refractivity contribution >= 4 is 11.9 Å². The van der Waals surface area contributed by atoms with Gasteiger partial charge in [-0.2, -0.15) is 0 Å². The van der Waals surface area contributed by atoms with Crippen molar-refractivity contribution in [1.82, 2.24) is 0 Å². The van der Waals surface area contributed by atoms with Crippen molar-refractivity contribution in [3.63, 3.8) is 0 Å². The number of allylic oxidation sites excluding steroid dienone is 1. The van der Waals surface area contributed by atoms with Crippen LogP contribution >= 0.6 is 0 Å². The summed E-state index contributed by atoms with van der Waals surface area (Å²) < 4.78 is 5.94. The van der Waals surface area contributed by atoms with Crippen LogP contribution in [-0.4, -0.2) is 24.0 Å². The first-order chi connectivity index (χ1) is 12.6. The van der Waals surface area contributed by atoms with Crippen LogP contribution < -0.4 is 9.64 Å². The highest BCUT2D eigenvalue weighted by molar-refractivity contribution is 6.14. The summed E-state index contributed by atoms with van der Waals surface area (Å²) in [5.41, 5.74) is 2.21. The van der Waals surface area contributed by atoms with E-state index in [9.17, 15) is 9.90 Å². The van der Waals surface area contributed by atoms with Crippen molar-refractivity contribution in [2.45, 2.75) is 26.3 Å². The number of likely N-dealkylation sites (tertiary alicyclic amines) is 1. The van der Waals surface area contributed by atoms with Crippen LogP contribution in [0.1, 0.15) is 41.3 Å². The molecule has 0 radical (unpaired) electrons. The number of ether oxygens (including phenoxy) is 1. The molecule has 26 heavy (non-hydrogen) atoms. The standard InChI is InChI=1S/C22H23NO3/c1-15-9-11-23(12-10-15)14-18-19(24)8-7-17-21(25)20(26-22(17)18)13-16-5-3-2-4-6-16/h2-8,13,15,24H,9-12,14H2,1H3/p+1. The Morgan fingerprint density at radius 3 is 2.62 bits per heavy atom. The van der Waals surface area contributed by atoms with Crippen molar-refractivity contribution in [2.75, 3.05) is 13.1 Å². The van der Waals surface area contributed by atoms with Gasteiger partial charge in [-0.05, 0) is 42.5 Å². The van der Waals surface area contributed by atoms with Gasteiger partial charge in [-0.25, -0.2) is 0 Å². The Labute approximate surface area is 153 Å². The number of phenols is 1. The fourth-order valence-electron chi connectivity index (χ4n) is 3.77. The second-order valence-corrected chi connectivity index (χ2v) is 7.40. The number of phenolic OH excluding ortho intramolecular Hbond substituents is 1. The first kappa shape index (κ1) is 16.9. The number of Topliss-reactive ketones (excluding diaryl/α,β-unsaturated/α-hetero) is 1. The predicted molar refractivity (Wildman–Crippen MR) is 100 cm³/mol. The van der Waals surface area contributed by atoms with Crippen molar-refractivity contribution in [2.24, 2.45) is 5.92 Å². The van der Waals surface area contributed by atoms with E-state index in [1.54, 1.807) is 18.2 Å². The number of rotatable bonds is 3. The third-order valence-electron chi connectivity index (χ3n) is 5.42. The molecule has 4 heteroatoms. The molecule has 4 rings (SSSR count). The van der Waals surface area contributed by atoms with Crippen molar-refractivity contribution in [3.8, 4) is 11.5 Å². The number of aromatic hydroxyl groups is 1. The van der Waals surface area contributed by atoms with Crippen LogP contribution in [0, 0.1) is 5.92 Å². The molecule has 0 unspecified atom stereocenters. The van der Waals surface area contributed by atoms with Gasteiger partial charge in [-0.15, -0.1) is 0 Å². The van der Waals surface area contributed by atoms with E-state index in [4.69, 9.17) is 4.74 Å². The number of hydrogen-bond donors (Lipinski definition) is 2. The average Bonchev–Trinajstić information content (AvgIpc) is 2.96. The normalized spacial score (nSPS) is 23.7. The topological polar surface area (TPSA) is 51.0 Å². The quantitative estimate of drug-likeness (QED) is 0.837. The highest BCUT2D eigenvalue weighted by Gasteiger charge is 2.33. The summed E-state index contributed by atoms with van der Waals surface area (Å²) in [5.74, 6) is 1.71. The molecule has 2 aliphatic heterocycles. The zero-order chi connectivity index (χ0) is 18.1. The Morgan fingerprint density at radius 1 is 1.15 bits per heavy atom. The molecule has 0 spiro atoms. The average molecular weight is 350 g/mol. The van der Waals surface area contributed by atoms with Gasteiger partial charge in [0.05, 0.1) is 24.2 Å². The number of fused-ring (bicyclic) bond motifs is 1. The molecule has 1 fully saturated rings. The molecule has 0 bridgehead atoms. The molecule has 4 nitrogen and oxygen atoms in total. The zero-order valence-corrected chi connectivity index (χ0v) is 15.0. The lowest BCUT2D eigenvalue weighted by Gasteiger charge is -2.27. The molecule has 2 heterocycles. The third kappa shape index (κ3) is 3.25. The number of ketones is 1. The van der Waals surface area contributed by atoms with Crippen LogP contribution in [-0.2, 0) is 6.54 Å². The van der Waals surface area contributed by atoms with Gasteiger partial charge in [0.1, 0.15) is 12.3 Å². The van der Waals surface area contributed by atoms with E-state index in [2.05, 4.69) is 6.92 Å². The smallest absolute Gasteiger partial charge is 0.231 e. The molecule has 2 aromatic rings. The van der Waals surface area contributed by atoms with E-state index in [0.29, 0.717) is 23.6 Å². The largest absolute Gasteiger partial charge is 0.507 e. The van der Waals surface area contributed by atoms with E-state index >= 15 is 0 Å². The second kappa shape index (κ2) is 6.96. The Hall–Kier alpha value is -2.59. The van der Waals surface area contributed by atoms with Gasteiger partial charge in [-0.1, -0.05) is 37.3 Å². The highest BCUT2D eigenvalue weighted by Crippen LogP contribution is 2.39. The zero-order valence-electron chi connectivity index (χ0n) is 15.0. The summed E-state index contributed by atoms with van der Waals surface area (Å²) in [5, 5.41) is 10.4. The summed E-state index contributed by atoms with van der Waals surface area (Å²) in [6.07, 6.45) is 4.16. The number of benzene rings is 2. The highest BCUT2D eigenvalue weighted by atomic mass is 16.5. The summed E-state index contributed by atoms with van der Waals surface area (Å²) >= 11 is 0. The molecule has 0 saturated carbocycles. The molecule has 0 aliphatic carbocycles. The minimum absolute atomic E-state index is 0.118. The van der Waals surface area contributed by atoms with E-state index in [0.717, 1.165) is 30.1 Å². The van der Waals surface area contributed by atoms with Crippen LogP contribution in [0.2, 0.25) is 0 Å². The van der Waals surface area contributed by atoms with E-state index < -0.39 is 0 Å². The molecule has 1 saturated heterocycles. The van der Waals surface area contributed by atoms with Crippen molar-refractivity contribution < 1.29 is 19.5 Å². The van der Waals surface area contributed by atoms with Crippen molar-refractivity contribution in [3.05, 3.63) is 64.9 Å². The Kier molecular flexibility index (Phi) is 4.51. The molecular formula is C22H24NO3+. The number of carbonyl (C=O) groups excluding carboxylic acids is 1. The van der Waals surface area contributed by atoms with E-state index in [1.807, 2.05) is 30.3 Å². The number of carbonyl (C=O) groups is 1. The molecule has 0 aromatic heterocycles. The maximum atomic E-state index is 12.7. The molecule has 0 amide bonds. The number of piperidine rings is 1. The van der Waals surface area contributed by atoms with E-state index in [-0.39, 0.29) is 11.5 Å². The molecule has 2 aliphatic rings. The van der Waals surface area contributed by atoms with Gasteiger partial charge in [0.2, 0.25) is 5.78 Å². The van der Waals surface area contributed by atoms with Crippen LogP contribution in [0.4, 0.5) is 0 Å². The van der Waals surface area contributed by atoms with Gasteiger partial charge >= 0.3 is 0 Å².